The van der Waals surface area contributed by atoms with Crippen molar-refractivity contribution >= 4 is 17.1 Å². The fourth-order valence-electron chi connectivity index (χ4n) is 2.72. The van der Waals surface area contributed by atoms with Gasteiger partial charge < -0.3 is 5.32 Å². The molecule has 23 heavy (non-hydrogen) atoms. The lowest BCUT2D eigenvalue weighted by molar-refractivity contribution is 0.0987. The molecule has 2 rings (SSSR count). The van der Waals surface area contributed by atoms with Crippen LogP contribution in [0, 0.1) is 6.92 Å². The van der Waals surface area contributed by atoms with Gasteiger partial charge in [0.2, 0.25) is 0 Å². The van der Waals surface area contributed by atoms with Gasteiger partial charge in [0, 0.05) is 17.0 Å². The Morgan fingerprint density at radius 3 is 2.43 bits per heavy atom. The zero-order chi connectivity index (χ0) is 16.7. The topological polar surface area (TPSA) is 32.3 Å². The average molecular weight is 330 g/mol. The van der Waals surface area contributed by atoms with Crippen LogP contribution in [0.15, 0.2) is 41.8 Å². The van der Waals surface area contributed by atoms with E-state index in [0.717, 1.165) is 25.2 Å². The van der Waals surface area contributed by atoms with Crippen LogP contribution in [0.1, 0.15) is 40.7 Å². The standard InChI is InChI=1S/C19H26N2OS/c1-4-21(5-2)17(19-7-6-12-23-19)13-20-14-18(22)16-10-8-15(3)9-11-16/h6-12,17,20H,4-5,13-14H2,1-3H3. The maximum atomic E-state index is 12.3. The molecular weight excluding hydrogens is 304 g/mol. The third-order valence-corrected chi connectivity index (χ3v) is 5.10. The molecule has 1 atom stereocenters. The van der Waals surface area contributed by atoms with Crippen molar-refractivity contribution in [1.29, 1.82) is 0 Å². The Balaban J connectivity index is 1.93. The first-order chi connectivity index (χ1) is 11.2. The van der Waals surface area contributed by atoms with Crippen LogP contribution >= 0.6 is 11.3 Å². The van der Waals surface area contributed by atoms with Gasteiger partial charge in [-0.3, -0.25) is 9.69 Å². The summed E-state index contributed by atoms with van der Waals surface area (Å²) in [5, 5.41) is 5.47. The van der Waals surface area contributed by atoms with Crippen LogP contribution < -0.4 is 5.32 Å². The number of benzene rings is 1. The van der Waals surface area contributed by atoms with E-state index in [2.05, 4.69) is 41.6 Å². The van der Waals surface area contributed by atoms with Gasteiger partial charge in [0.25, 0.3) is 0 Å². The quantitative estimate of drug-likeness (QED) is 0.708. The molecule has 0 fully saturated rings. The van der Waals surface area contributed by atoms with Crippen molar-refractivity contribution in [2.45, 2.75) is 26.8 Å². The number of thiophene rings is 1. The van der Waals surface area contributed by atoms with Crippen molar-refractivity contribution in [2.75, 3.05) is 26.2 Å². The van der Waals surface area contributed by atoms with Crippen LogP contribution in [0.3, 0.4) is 0 Å². The van der Waals surface area contributed by atoms with Crippen molar-refractivity contribution < 1.29 is 4.79 Å². The Hall–Kier alpha value is -1.49. The van der Waals surface area contributed by atoms with Crippen molar-refractivity contribution in [3.8, 4) is 0 Å². The Labute approximate surface area is 143 Å². The largest absolute Gasteiger partial charge is 0.308 e. The minimum Gasteiger partial charge on any atom is -0.308 e. The lowest BCUT2D eigenvalue weighted by atomic mass is 10.1. The molecule has 1 heterocycles. The maximum absolute atomic E-state index is 12.3. The molecule has 2 aromatic rings. The van der Waals surface area contributed by atoms with E-state index in [-0.39, 0.29) is 5.78 Å². The number of rotatable bonds is 9. The Morgan fingerprint density at radius 2 is 1.87 bits per heavy atom. The predicted octanol–water partition coefficient (Wildman–Crippen LogP) is 3.91. The lowest BCUT2D eigenvalue weighted by Gasteiger charge is -2.29. The Kier molecular flexibility index (Phi) is 6.96. The highest BCUT2D eigenvalue weighted by Crippen LogP contribution is 2.24. The number of ketones is 1. The summed E-state index contributed by atoms with van der Waals surface area (Å²) in [7, 11) is 0. The van der Waals surface area contributed by atoms with Gasteiger partial charge in [0.1, 0.15) is 0 Å². The number of carbonyl (C=O) groups is 1. The molecule has 1 aromatic heterocycles. The molecule has 124 valence electrons. The summed E-state index contributed by atoms with van der Waals surface area (Å²) in [5.41, 5.74) is 1.95. The van der Waals surface area contributed by atoms with E-state index in [1.807, 2.05) is 31.2 Å². The molecule has 0 aliphatic heterocycles. The zero-order valence-corrected chi connectivity index (χ0v) is 15.0. The average Bonchev–Trinajstić information content (AvgIpc) is 3.09. The number of nitrogens with one attached hydrogen (secondary N) is 1. The smallest absolute Gasteiger partial charge is 0.176 e. The lowest BCUT2D eigenvalue weighted by Crippen LogP contribution is -2.37. The normalized spacial score (nSPS) is 12.5. The third kappa shape index (κ3) is 4.99. The highest BCUT2D eigenvalue weighted by atomic mass is 32.1. The van der Waals surface area contributed by atoms with E-state index in [1.165, 1.54) is 10.4 Å². The minimum absolute atomic E-state index is 0.148. The highest BCUT2D eigenvalue weighted by Gasteiger charge is 2.19. The van der Waals surface area contributed by atoms with Crippen LogP contribution in [0.4, 0.5) is 0 Å². The molecule has 1 unspecified atom stereocenters. The monoisotopic (exact) mass is 330 g/mol. The number of likely N-dealkylation sites (N-methyl/N-ethyl adjacent to an activating group) is 1. The first-order valence-electron chi connectivity index (χ1n) is 8.23. The predicted molar refractivity (Wildman–Crippen MR) is 98.4 cm³/mol. The van der Waals surface area contributed by atoms with E-state index in [1.54, 1.807) is 11.3 Å². The molecule has 0 saturated carbocycles. The van der Waals surface area contributed by atoms with Gasteiger partial charge in [-0.25, -0.2) is 0 Å². The summed E-state index contributed by atoms with van der Waals surface area (Å²) < 4.78 is 0. The number of aryl methyl sites for hydroxylation is 1. The van der Waals surface area contributed by atoms with Gasteiger partial charge in [-0.15, -0.1) is 11.3 Å². The summed E-state index contributed by atoms with van der Waals surface area (Å²) >= 11 is 1.78. The van der Waals surface area contributed by atoms with Gasteiger partial charge >= 0.3 is 0 Å². The van der Waals surface area contributed by atoms with Crippen LogP contribution in [-0.4, -0.2) is 36.9 Å². The van der Waals surface area contributed by atoms with Crippen LogP contribution in [0.25, 0.3) is 0 Å². The number of hydrogen-bond acceptors (Lipinski definition) is 4. The molecule has 4 heteroatoms. The molecule has 0 saturated heterocycles. The van der Waals surface area contributed by atoms with Crippen LogP contribution in [-0.2, 0) is 0 Å². The minimum atomic E-state index is 0.148. The molecule has 0 amide bonds. The molecular formula is C19H26N2OS. The molecule has 0 radical (unpaired) electrons. The van der Waals surface area contributed by atoms with Gasteiger partial charge in [-0.1, -0.05) is 49.7 Å². The first-order valence-corrected chi connectivity index (χ1v) is 9.11. The number of carbonyl (C=O) groups excluding carboxylic acids is 1. The van der Waals surface area contributed by atoms with Gasteiger partial charge in [-0.05, 0) is 31.5 Å². The second-order valence-electron chi connectivity index (χ2n) is 5.67. The third-order valence-electron chi connectivity index (χ3n) is 4.12. The molecule has 0 aliphatic rings. The van der Waals surface area contributed by atoms with Crippen molar-refractivity contribution in [2.24, 2.45) is 0 Å². The molecule has 0 spiro atoms. The van der Waals surface area contributed by atoms with Crippen LogP contribution in [0.5, 0.6) is 0 Å². The maximum Gasteiger partial charge on any atom is 0.176 e. The first kappa shape index (κ1) is 17.9. The SMILES string of the molecule is CCN(CC)C(CNCC(=O)c1ccc(C)cc1)c1cccs1. The van der Waals surface area contributed by atoms with Crippen molar-refractivity contribution in [3.05, 3.63) is 57.8 Å². The molecule has 1 N–H and O–H groups in total. The van der Waals surface area contributed by atoms with Gasteiger partial charge in [-0.2, -0.15) is 0 Å². The second kappa shape index (κ2) is 8.96. The number of hydrogen-bond donors (Lipinski definition) is 1. The number of Topliss-reactive ketones (excluding diaryl/α,β-unsaturated/α-hetero) is 1. The fourth-order valence-corrected chi connectivity index (χ4v) is 3.58. The van der Waals surface area contributed by atoms with Crippen molar-refractivity contribution in [1.82, 2.24) is 10.2 Å². The van der Waals surface area contributed by atoms with E-state index in [0.29, 0.717) is 12.6 Å². The molecule has 0 bridgehead atoms. The second-order valence-corrected chi connectivity index (χ2v) is 6.65. The summed E-state index contributed by atoms with van der Waals surface area (Å²) in [4.78, 5) is 16.0. The van der Waals surface area contributed by atoms with E-state index in [4.69, 9.17) is 0 Å². The summed E-state index contributed by atoms with van der Waals surface area (Å²) in [6.45, 7) is 9.58. The summed E-state index contributed by atoms with van der Waals surface area (Å²) in [5.74, 6) is 0.148. The van der Waals surface area contributed by atoms with E-state index < -0.39 is 0 Å². The molecule has 0 aliphatic carbocycles. The Morgan fingerprint density at radius 1 is 1.17 bits per heavy atom. The van der Waals surface area contributed by atoms with E-state index in [9.17, 15) is 4.79 Å². The Bertz CT molecular complexity index is 588. The van der Waals surface area contributed by atoms with Crippen molar-refractivity contribution in [3.63, 3.8) is 0 Å². The number of nitrogens with zero attached hydrogens (tertiary/aromatic N) is 1. The molecule has 3 nitrogen and oxygen atoms in total. The van der Waals surface area contributed by atoms with E-state index >= 15 is 0 Å². The summed E-state index contributed by atoms with van der Waals surface area (Å²) in [6.07, 6.45) is 0. The zero-order valence-electron chi connectivity index (χ0n) is 14.2. The molecule has 1 aromatic carbocycles. The van der Waals surface area contributed by atoms with Gasteiger partial charge in [0.15, 0.2) is 5.78 Å². The van der Waals surface area contributed by atoms with Crippen LogP contribution in [0.2, 0.25) is 0 Å². The van der Waals surface area contributed by atoms with Gasteiger partial charge in [0.05, 0.1) is 12.6 Å². The summed E-state index contributed by atoms with van der Waals surface area (Å²) in [6, 6.07) is 12.4. The highest BCUT2D eigenvalue weighted by molar-refractivity contribution is 7.10. The fraction of sp³-hybridized carbons (Fsp3) is 0.421.